The average Bonchev–Trinajstić information content (AvgIpc) is 3.13. The number of anilines is 2. The molecule has 1 aliphatic heterocycles. The molecular weight excluding hydrogens is 362 g/mol. The zero-order valence-electron chi connectivity index (χ0n) is 14.4. The average molecular weight is 378 g/mol. The molecule has 0 saturated heterocycles. The summed E-state index contributed by atoms with van der Waals surface area (Å²) in [6, 6.07) is 17.8. The number of benzene rings is 2. The van der Waals surface area contributed by atoms with Crippen molar-refractivity contribution in [1.82, 2.24) is 4.98 Å². The molecule has 0 saturated carbocycles. The van der Waals surface area contributed by atoms with E-state index in [0.29, 0.717) is 22.8 Å². The van der Waals surface area contributed by atoms with E-state index in [-0.39, 0.29) is 17.5 Å². The smallest absolute Gasteiger partial charge is 0.274 e. The van der Waals surface area contributed by atoms with Gasteiger partial charge in [0.25, 0.3) is 11.8 Å². The van der Waals surface area contributed by atoms with E-state index in [2.05, 4.69) is 10.3 Å². The minimum Gasteiger partial charge on any atom is -0.321 e. The van der Waals surface area contributed by atoms with Crippen LogP contribution in [0.2, 0.25) is 5.02 Å². The van der Waals surface area contributed by atoms with E-state index in [9.17, 15) is 9.59 Å². The number of hydrogen-bond donors (Lipinski definition) is 1. The molecule has 0 atom stereocenters. The van der Waals surface area contributed by atoms with Crippen LogP contribution in [0.15, 0.2) is 66.9 Å². The van der Waals surface area contributed by atoms with Gasteiger partial charge in [-0.15, -0.1) is 0 Å². The Morgan fingerprint density at radius 2 is 1.81 bits per heavy atom. The molecule has 0 fully saturated rings. The molecule has 2 amide bonds. The Balaban J connectivity index is 1.55. The largest absolute Gasteiger partial charge is 0.321 e. The lowest BCUT2D eigenvalue weighted by atomic mass is 10.1. The molecule has 2 heterocycles. The highest BCUT2D eigenvalue weighted by Crippen LogP contribution is 2.28. The lowest BCUT2D eigenvalue weighted by molar-refractivity contribution is 0.0989. The summed E-state index contributed by atoms with van der Waals surface area (Å²) < 4.78 is 0. The van der Waals surface area contributed by atoms with Gasteiger partial charge >= 0.3 is 0 Å². The summed E-state index contributed by atoms with van der Waals surface area (Å²) in [5.41, 5.74) is 3.30. The third kappa shape index (κ3) is 3.55. The number of halogens is 1. The van der Waals surface area contributed by atoms with Gasteiger partial charge in [-0.2, -0.15) is 0 Å². The minimum atomic E-state index is -0.381. The number of hydrogen-bond acceptors (Lipinski definition) is 3. The van der Waals surface area contributed by atoms with Crippen molar-refractivity contribution in [2.45, 2.75) is 6.42 Å². The van der Waals surface area contributed by atoms with E-state index < -0.39 is 0 Å². The molecule has 6 heteroatoms. The van der Waals surface area contributed by atoms with Crippen LogP contribution in [0.3, 0.4) is 0 Å². The molecule has 0 bridgehead atoms. The van der Waals surface area contributed by atoms with Crippen LogP contribution in [0.5, 0.6) is 0 Å². The van der Waals surface area contributed by atoms with Crippen LogP contribution in [0.25, 0.3) is 0 Å². The summed E-state index contributed by atoms with van der Waals surface area (Å²) in [6.07, 6.45) is 2.31. The Bertz CT molecular complexity index is 1020. The van der Waals surface area contributed by atoms with E-state index in [1.807, 2.05) is 24.3 Å². The Kier molecular flexibility index (Phi) is 4.60. The predicted octanol–water partition coefficient (Wildman–Crippen LogP) is 4.19. The standard InChI is InChI=1S/C21H16ClN3O2/c22-16-5-7-17(8-6-16)24-20(26)18-13-15(9-11-23-18)21(27)25-12-10-14-3-1-2-4-19(14)25/h1-9,11,13H,10,12H2,(H,24,26). The van der Waals surface area contributed by atoms with E-state index in [1.165, 1.54) is 12.3 Å². The monoisotopic (exact) mass is 377 g/mol. The molecule has 0 unspecified atom stereocenters. The van der Waals surface area contributed by atoms with Crippen molar-refractivity contribution in [2.24, 2.45) is 0 Å². The number of carbonyl (C=O) groups excluding carboxylic acids is 2. The second kappa shape index (κ2) is 7.21. The fourth-order valence-electron chi connectivity index (χ4n) is 3.12. The summed E-state index contributed by atoms with van der Waals surface area (Å²) in [5.74, 6) is -0.517. The number of para-hydroxylation sites is 1. The maximum atomic E-state index is 12.9. The van der Waals surface area contributed by atoms with Crippen LogP contribution >= 0.6 is 11.6 Å². The number of nitrogens with zero attached hydrogens (tertiary/aromatic N) is 2. The molecule has 2 aromatic carbocycles. The van der Waals surface area contributed by atoms with E-state index in [0.717, 1.165) is 17.7 Å². The molecule has 4 rings (SSSR count). The van der Waals surface area contributed by atoms with Crippen molar-refractivity contribution in [3.8, 4) is 0 Å². The molecular formula is C21H16ClN3O2. The number of nitrogens with one attached hydrogen (secondary N) is 1. The lowest BCUT2D eigenvalue weighted by Gasteiger charge is -2.17. The highest BCUT2D eigenvalue weighted by Gasteiger charge is 2.25. The molecule has 134 valence electrons. The summed E-state index contributed by atoms with van der Waals surface area (Å²) in [6.45, 7) is 0.632. The Hall–Kier alpha value is -3.18. The Labute approximate surface area is 161 Å². The summed E-state index contributed by atoms with van der Waals surface area (Å²) >= 11 is 5.85. The van der Waals surface area contributed by atoms with Crippen LogP contribution in [0.4, 0.5) is 11.4 Å². The van der Waals surface area contributed by atoms with Gasteiger partial charge in [0.15, 0.2) is 0 Å². The van der Waals surface area contributed by atoms with Crippen molar-refractivity contribution < 1.29 is 9.59 Å². The molecule has 1 N–H and O–H groups in total. The number of fused-ring (bicyclic) bond motifs is 1. The fourth-order valence-corrected chi connectivity index (χ4v) is 3.25. The summed E-state index contributed by atoms with van der Waals surface area (Å²) in [5, 5.41) is 3.34. The summed E-state index contributed by atoms with van der Waals surface area (Å²) in [7, 11) is 0. The first-order valence-electron chi connectivity index (χ1n) is 8.54. The SMILES string of the molecule is O=C(Nc1ccc(Cl)cc1)c1cc(C(=O)N2CCc3ccccc32)ccn1. The van der Waals surface area contributed by atoms with Gasteiger partial charge in [0, 0.05) is 34.7 Å². The molecule has 0 aliphatic carbocycles. The van der Waals surface area contributed by atoms with Gasteiger partial charge in [0.05, 0.1) is 0 Å². The Morgan fingerprint density at radius 3 is 2.63 bits per heavy atom. The zero-order chi connectivity index (χ0) is 18.8. The van der Waals surface area contributed by atoms with E-state index >= 15 is 0 Å². The Morgan fingerprint density at radius 1 is 1.04 bits per heavy atom. The lowest BCUT2D eigenvalue weighted by Crippen LogP contribution is -2.29. The highest BCUT2D eigenvalue weighted by atomic mass is 35.5. The number of amides is 2. The molecule has 0 radical (unpaired) electrons. The fraction of sp³-hybridized carbons (Fsp3) is 0.0952. The molecule has 5 nitrogen and oxygen atoms in total. The molecule has 27 heavy (non-hydrogen) atoms. The van der Waals surface area contributed by atoms with Crippen molar-refractivity contribution in [3.63, 3.8) is 0 Å². The zero-order valence-corrected chi connectivity index (χ0v) is 15.1. The first-order valence-corrected chi connectivity index (χ1v) is 8.92. The van der Waals surface area contributed by atoms with Gasteiger partial charge in [0.1, 0.15) is 5.69 Å². The van der Waals surface area contributed by atoms with Gasteiger partial charge in [-0.1, -0.05) is 29.8 Å². The number of carbonyl (C=O) groups is 2. The first-order chi connectivity index (χ1) is 13.1. The molecule has 0 spiro atoms. The second-order valence-electron chi connectivity index (χ2n) is 6.23. The number of aromatic nitrogens is 1. The predicted molar refractivity (Wildman–Crippen MR) is 105 cm³/mol. The van der Waals surface area contributed by atoms with Gasteiger partial charge < -0.3 is 10.2 Å². The van der Waals surface area contributed by atoms with E-state index in [1.54, 1.807) is 35.2 Å². The molecule has 1 aromatic heterocycles. The van der Waals surface area contributed by atoms with Crippen LogP contribution < -0.4 is 10.2 Å². The molecule has 1 aliphatic rings. The van der Waals surface area contributed by atoms with Gasteiger partial charge in [-0.3, -0.25) is 14.6 Å². The van der Waals surface area contributed by atoms with Crippen LogP contribution in [0, 0.1) is 0 Å². The van der Waals surface area contributed by atoms with Gasteiger partial charge in [-0.25, -0.2) is 0 Å². The molecule has 3 aromatic rings. The van der Waals surface area contributed by atoms with Crippen molar-refractivity contribution >= 4 is 34.8 Å². The second-order valence-corrected chi connectivity index (χ2v) is 6.66. The number of pyridine rings is 1. The highest BCUT2D eigenvalue weighted by molar-refractivity contribution is 6.30. The van der Waals surface area contributed by atoms with Crippen molar-refractivity contribution in [2.75, 3.05) is 16.8 Å². The van der Waals surface area contributed by atoms with Gasteiger partial charge in [-0.05, 0) is 54.4 Å². The maximum absolute atomic E-state index is 12.9. The first kappa shape index (κ1) is 17.2. The minimum absolute atomic E-state index is 0.136. The van der Waals surface area contributed by atoms with Gasteiger partial charge in [0.2, 0.25) is 0 Å². The number of rotatable bonds is 3. The van der Waals surface area contributed by atoms with Crippen molar-refractivity contribution in [1.29, 1.82) is 0 Å². The van der Waals surface area contributed by atoms with Crippen molar-refractivity contribution in [3.05, 3.63) is 88.7 Å². The van der Waals surface area contributed by atoms with E-state index in [4.69, 9.17) is 11.6 Å². The van der Waals surface area contributed by atoms with Crippen LogP contribution in [-0.2, 0) is 6.42 Å². The maximum Gasteiger partial charge on any atom is 0.274 e. The third-order valence-electron chi connectivity index (χ3n) is 4.47. The topological polar surface area (TPSA) is 62.3 Å². The summed E-state index contributed by atoms with van der Waals surface area (Å²) in [4.78, 5) is 31.2. The van der Waals surface area contributed by atoms with Crippen LogP contribution in [0.1, 0.15) is 26.4 Å². The quantitative estimate of drug-likeness (QED) is 0.744. The third-order valence-corrected chi connectivity index (χ3v) is 4.73. The normalized spacial score (nSPS) is 12.6. The van der Waals surface area contributed by atoms with Crippen LogP contribution in [-0.4, -0.2) is 23.3 Å².